The molecule has 0 bridgehead atoms. The number of hydrogen-bond donors (Lipinski definition) is 1. The average molecular weight is 348 g/mol. The molecule has 1 N–H and O–H groups in total. The first-order valence-electron chi connectivity index (χ1n) is 8.27. The molecule has 1 aromatic carbocycles. The van der Waals surface area contributed by atoms with Crippen molar-refractivity contribution in [1.29, 1.82) is 0 Å². The number of hydrogen-bond acceptors (Lipinski definition) is 6. The number of nitro benzene ring substituents is 1. The smallest absolute Gasteiger partial charge is 0.408 e. The highest BCUT2D eigenvalue weighted by Crippen LogP contribution is 2.20. The third-order valence-corrected chi connectivity index (χ3v) is 4.56. The van der Waals surface area contributed by atoms with Gasteiger partial charge >= 0.3 is 5.76 Å². The summed E-state index contributed by atoms with van der Waals surface area (Å²) in [5, 5.41) is 13.8. The Kier molecular flexibility index (Phi) is 4.84. The third-order valence-electron chi connectivity index (χ3n) is 4.56. The summed E-state index contributed by atoms with van der Waals surface area (Å²) >= 11 is 0. The van der Waals surface area contributed by atoms with Gasteiger partial charge in [0.15, 0.2) is 5.58 Å². The van der Waals surface area contributed by atoms with Gasteiger partial charge in [-0.05, 0) is 25.5 Å². The first-order chi connectivity index (χ1) is 12.0. The second kappa shape index (κ2) is 7.06. The Labute approximate surface area is 143 Å². The number of nitrogens with zero attached hydrogens (tertiary/aromatic N) is 3. The number of rotatable bonds is 5. The van der Waals surface area contributed by atoms with E-state index in [9.17, 15) is 19.7 Å². The van der Waals surface area contributed by atoms with E-state index >= 15 is 0 Å². The molecule has 1 aliphatic heterocycles. The van der Waals surface area contributed by atoms with Crippen LogP contribution in [0.1, 0.15) is 19.8 Å². The summed E-state index contributed by atoms with van der Waals surface area (Å²) in [6, 6.07) is 3.95. The molecule has 0 unspecified atom stereocenters. The van der Waals surface area contributed by atoms with E-state index in [1.165, 1.54) is 18.2 Å². The molecule has 0 spiro atoms. The Hall–Kier alpha value is -2.68. The fraction of sp³-hybridized carbons (Fsp3) is 0.500. The first kappa shape index (κ1) is 17.2. The molecule has 134 valence electrons. The summed E-state index contributed by atoms with van der Waals surface area (Å²) in [5.74, 6) is -1.00. The summed E-state index contributed by atoms with van der Waals surface area (Å²) < 4.78 is 6.18. The number of aromatic nitrogens is 1. The zero-order chi connectivity index (χ0) is 18.0. The van der Waals surface area contributed by atoms with Gasteiger partial charge in [-0.1, -0.05) is 6.92 Å². The molecule has 2 aromatic rings. The number of carbonyl (C=O) groups is 1. The van der Waals surface area contributed by atoms with Crippen LogP contribution in [0.25, 0.3) is 11.1 Å². The number of benzene rings is 1. The van der Waals surface area contributed by atoms with Crippen LogP contribution in [0.3, 0.4) is 0 Å². The number of carbonyl (C=O) groups excluding carboxylic acids is 1. The first-order valence-corrected chi connectivity index (χ1v) is 8.27. The monoisotopic (exact) mass is 348 g/mol. The second-order valence-electron chi connectivity index (χ2n) is 6.14. The Morgan fingerprint density at radius 3 is 2.76 bits per heavy atom. The molecule has 0 saturated carbocycles. The molecule has 2 heterocycles. The van der Waals surface area contributed by atoms with Crippen LogP contribution in [0, 0.1) is 10.1 Å². The summed E-state index contributed by atoms with van der Waals surface area (Å²) in [7, 11) is 0. The van der Waals surface area contributed by atoms with Crippen molar-refractivity contribution in [2.24, 2.45) is 0 Å². The molecule has 1 aliphatic rings. The molecule has 1 amide bonds. The van der Waals surface area contributed by atoms with E-state index in [1.54, 1.807) is 0 Å². The van der Waals surface area contributed by atoms with E-state index in [2.05, 4.69) is 17.1 Å². The Morgan fingerprint density at radius 2 is 2.12 bits per heavy atom. The van der Waals surface area contributed by atoms with Gasteiger partial charge in [-0.3, -0.25) is 19.5 Å². The van der Waals surface area contributed by atoms with Gasteiger partial charge in [0.05, 0.1) is 10.4 Å². The van der Waals surface area contributed by atoms with Gasteiger partial charge in [0.1, 0.15) is 6.54 Å². The molecule has 1 saturated heterocycles. The second-order valence-corrected chi connectivity index (χ2v) is 6.14. The molecule has 0 atom stereocenters. The minimum atomic E-state index is -0.702. The van der Waals surface area contributed by atoms with Gasteiger partial charge in [0.25, 0.3) is 5.69 Å². The van der Waals surface area contributed by atoms with Crippen LogP contribution < -0.4 is 11.1 Å². The highest BCUT2D eigenvalue weighted by atomic mass is 16.6. The molecule has 9 nitrogen and oxygen atoms in total. The summed E-state index contributed by atoms with van der Waals surface area (Å²) in [6.07, 6.45) is 1.73. The van der Waals surface area contributed by atoms with Crippen molar-refractivity contribution >= 4 is 22.7 Å². The Morgan fingerprint density at radius 1 is 1.40 bits per heavy atom. The van der Waals surface area contributed by atoms with E-state index in [1.807, 2.05) is 0 Å². The minimum absolute atomic E-state index is 0.0819. The molecular formula is C16H20N4O5. The number of amides is 1. The quantitative estimate of drug-likeness (QED) is 0.640. The molecule has 25 heavy (non-hydrogen) atoms. The van der Waals surface area contributed by atoms with Crippen LogP contribution in [0.15, 0.2) is 27.4 Å². The van der Waals surface area contributed by atoms with Gasteiger partial charge in [-0.2, -0.15) is 0 Å². The van der Waals surface area contributed by atoms with Crippen molar-refractivity contribution in [2.45, 2.75) is 32.4 Å². The van der Waals surface area contributed by atoms with Crippen molar-refractivity contribution in [2.75, 3.05) is 19.6 Å². The lowest BCUT2D eigenvalue weighted by atomic mass is 10.1. The largest absolute Gasteiger partial charge is 0.420 e. The number of fused-ring (bicyclic) bond motifs is 1. The van der Waals surface area contributed by atoms with Gasteiger partial charge in [0, 0.05) is 31.3 Å². The van der Waals surface area contributed by atoms with Crippen molar-refractivity contribution in [3.63, 3.8) is 0 Å². The van der Waals surface area contributed by atoms with E-state index < -0.39 is 10.7 Å². The zero-order valence-corrected chi connectivity index (χ0v) is 13.9. The fourth-order valence-electron chi connectivity index (χ4n) is 3.12. The molecule has 0 radical (unpaired) electrons. The average Bonchev–Trinajstić information content (AvgIpc) is 2.90. The molecular weight excluding hydrogens is 328 g/mol. The van der Waals surface area contributed by atoms with E-state index in [4.69, 9.17) is 4.42 Å². The van der Waals surface area contributed by atoms with Gasteiger partial charge < -0.3 is 14.6 Å². The number of non-ortho nitro benzene ring substituents is 1. The topological polar surface area (TPSA) is 111 Å². The van der Waals surface area contributed by atoms with Crippen molar-refractivity contribution < 1.29 is 14.1 Å². The lowest BCUT2D eigenvalue weighted by Crippen LogP contribution is -2.45. The minimum Gasteiger partial charge on any atom is -0.408 e. The maximum atomic E-state index is 12.3. The van der Waals surface area contributed by atoms with Crippen LogP contribution in [-0.4, -0.2) is 46.0 Å². The molecule has 3 rings (SSSR count). The van der Waals surface area contributed by atoms with Gasteiger partial charge in [-0.25, -0.2) is 4.79 Å². The zero-order valence-electron chi connectivity index (χ0n) is 13.9. The van der Waals surface area contributed by atoms with E-state index in [0.29, 0.717) is 0 Å². The Balaban J connectivity index is 1.73. The highest BCUT2D eigenvalue weighted by Gasteiger charge is 2.21. The number of likely N-dealkylation sites (tertiary alicyclic amines) is 1. The van der Waals surface area contributed by atoms with Crippen molar-refractivity contribution in [3.05, 3.63) is 38.9 Å². The standard InChI is InChI=1S/C16H20N4O5/c1-2-18-7-5-11(6-8-18)17-15(21)10-19-13-9-12(20(23)24)3-4-14(13)25-16(19)22/h3-4,9,11H,2,5-8,10H2,1H3,(H,17,21). The third kappa shape index (κ3) is 3.71. The van der Waals surface area contributed by atoms with Crippen LogP contribution in [0.2, 0.25) is 0 Å². The van der Waals surface area contributed by atoms with E-state index in [0.717, 1.165) is 37.0 Å². The maximum Gasteiger partial charge on any atom is 0.420 e. The fourth-order valence-corrected chi connectivity index (χ4v) is 3.12. The molecule has 1 aromatic heterocycles. The lowest BCUT2D eigenvalue weighted by molar-refractivity contribution is -0.384. The summed E-state index contributed by atoms with van der Waals surface area (Å²) in [5.41, 5.74) is 0.309. The number of oxazole rings is 1. The number of nitrogens with one attached hydrogen (secondary N) is 1. The molecule has 9 heteroatoms. The SMILES string of the molecule is CCN1CCC(NC(=O)Cn2c(=O)oc3ccc([N+](=O)[O-])cc32)CC1. The summed E-state index contributed by atoms with van der Waals surface area (Å²) in [4.78, 5) is 36.9. The van der Waals surface area contributed by atoms with E-state index in [-0.39, 0.29) is 35.3 Å². The van der Waals surface area contributed by atoms with Crippen LogP contribution in [0.5, 0.6) is 0 Å². The van der Waals surface area contributed by atoms with Crippen molar-refractivity contribution in [3.8, 4) is 0 Å². The van der Waals surface area contributed by atoms with Gasteiger partial charge in [-0.15, -0.1) is 0 Å². The molecule has 0 aliphatic carbocycles. The summed E-state index contributed by atoms with van der Waals surface area (Å²) in [6.45, 7) is 4.75. The van der Waals surface area contributed by atoms with Crippen LogP contribution >= 0.6 is 0 Å². The number of piperidine rings is 1. The van der Waals surface area contributed by atoms with Crippen molar-refractivity contribution in [1.82, 2.24) is 14.8 Å². The predicted octanol–water partition coefficient (Wildman–Crippen LogP) is 1.10. The normalized spacial score (nSPS) is 16.2. The Bertz CT molecular complexity index is 848. The predicted molar refractivity (Wildman–Crippen MR) is 90.4 cm³/mol. The van der Waals surface area contributed by atoms with Crippen LogP contribution in [-0.2, 0) is 11.3 Å². The molecule has 1 fully saturated rings. The maximum absolute atomic E-state index is 12.3. The highest BCUT2D eigenvalue weighted by molar-refractivity contribution is 5.80. The van der Waals surface area contributed by atoms with Crippen LogP contribution in [0.4, 0.5) is 5.69 Å². The van der Waals surface area contributed by atoms with Gasteiger partial charge in [0.2, 0.25) is 5.91 Å². The lowest BCUT2D eigenvalue weighted by Gasteiger charge is -2.31. The number of nitro groups is 1.